The van der Waals surface area contributed by atoms with Gasteiger partial charge < -0.3 is 16.4 Å². The molecule has 0 radical (unpaired) electrons. The Morgan fingerprint density at radius 2 is 2.05 bits per heavy atom. The maximum absolute atomic E-state index is 12.2. The van der Waals surface area contributed by atoms with Crippen molar-refractivity contribution in [3.8, 4) is 0 Å². The summed E-state index contributed by atoms with van der Waals surface area (Å²) in [5.41, 5.74) is 6.46. The summed E-state index contributed by atoms with van der Waals surface area (Å²) in [5.74, 6) is -0.00390. The van der Waals surface area contributed by atoms with Crippen LogP contribution < -0.4 is 16.4 Å². The Hall–Kier alpha value is -1.79. The van der Waals surface area contributed by atoms with Gasteiger partial charge in [-0.2, -0.15) is 0 Å². The van der Waals surface area contributed by atoms with E-state index in [0.717, 1.165) is 12.8 Å². The summed E-state index contributed by atoms with van der Waals surface area (Å²) in [6.45, 7) is 0. The monoisotopic (exact) mass is 308 g/mol. The van der Waals surface area contributed by atoms with Crippen molar-refractivity contribution in [1.29, 1.82) is 0 Å². The fraction of sp³-hybridized carbons (Fsp3) is 0.231. The second-order valence-corrected chi connectivity index (χ2v) is 6.05. The predicted octanol–water partition coefficient (Wildman–Crippen LogP) is 3.21. The third-order valence-corrected chi connectivity index (χ3v) is 4.12. The van der Waals surface area contributed by atoms with Gasteiger partial charge in [0.15, 0.2) is 5.13 Å². The summed E-state index contributed by atoms with van der Waals surface area (Å²) < 4.78 is 0. The predicted molar refractivity (Wildman–Crippen MR) is 82.6 cm³/mol. The van der Waals surface area contributed by atoms with Crippen molar-refractivity contribution in [2.75, 3.05) is 16.4 Å². The number of benzene rings is 1. The Balaban J connectivity index is 1.72. The van der Waals surface area contributed by atoms with Crippen LogP contribution in [0, 0.1) is 0 Å². The number of nitrogen functional groups attached to an aromatic ring is 1. The molecule has 0 unspecified atom stereocenters. The molecule has 5 nitrogen and oxygen atoms in total. The summed E-state index contributed by atoms with van der Waals surface area (Å²) in [7, 11) is 0. The fourth-order valence-corrected chi connectivity index (χ4v) is 2.66. The summed E-state index contributed by atoms with van der Waals surface area (Å²) >= 11 is 7.07. The first-order chi connectivity index (χ1) is 9.61. The molecule has 0 bridgehead atoms. The van der Waals surface area contributed by atoms with Crippen LogP contribution in [0.3, 0.4) is 0 Å². The number of amides is 1. The largest absolute Gasteiger partial charge is 0.382 e. The molecule has 1 fully saturated rings. The van der Waals surface area contributed by atoms with E-state index >= 15 is 0 Å². The van der Waals surface area contributed by atoms with Crippen molar-refractivity contribution in [3.63, 3.8) is 0 Å². The Kier molecular flexibility index (Phi) is 3.50. The number of aromatic nitrogens is 1. The highest BCUT2D eigenvalue weighted by Gasteiger charge is 2.24. The number of carbonyl (C=O) groups excluding carboxylic acids is 1. The molecular formula is C13H13ClN4OS. The summed E-state index contributed by atoms with van der Waals surface area (Å²) in [6, 6.07) is 7.38. The molecule has 1 amide bonds. The van der Waals surface area contributed by atoms with Crippen molar-refractivity contribution in [2.45, 2.75) is 18.9 Å². The lowest BCUT2D eigenvalue weighted by atomic mass is 10.3. The molecule has 1 saturated carbocycles. The lowest BCUT2D eigenvalue weighted by Gasteiger charge is -2.03. The molecule has 1 heterocycles. The topological polar surface area (TPSA) is 80.0 Å². The number of nitrogens with zero attached hydrogens (tertiary/aromatic N) is 1. The zero-order chi connectivity index (χ0) is 14.1. The smallest absolute Gasteiger partial charge is 0.269 e. The van der Waals surface area contributed by atoms with Crippen LogP contribution in [-0.2, 0) is 0 Å². The Bertz CT molecular complexity index is 636. The van der Waals surface area contributed by atoms with E-state index in [1.807, 2.05) is 0 Å². The van der Waals surface area contributed by atoms with Gasteiger partial charge in [-0.25, -0.2) is 4.98 Å². The van der Waals surface area contributed by atoms with E-state index in [9.17, 15) is 4.79 Å². The standard InChI is InChI=1S/C13H13ClN4OS/c14-7-1-3-8(4-2-7)16-12(19)10-11(15)18-13(20-10)17-9-5-6-9/h1-4,9H,5-6,15H2,(H,16,19)(H,17,18). The average molecular weight is 309 g/mol. The molecule has 3 rings (SSSR count). The van der Waals surface area contributed by atoms with E-state index < -0.39 is 0 Å². The number of hydrogen-bond acceptors (Lipinski definition) is 5. The van der Waals surface area contributed by atoms with Crippen LogP contribution in [0.15, 0.2) is 24.3 Å². The molecule has 1 aliphatic rings. The van der Waals surface area contributed by atoms with Crippen molar-refractivity contribution in [3.05, 3.63) is 34.2 Å². The van der Waals surface area contributed by atoms with Gasteiger partial charge in [-0.3, -0.25) is 4.79 Å². The van der Waals surface area contributed by atoms with Crippen LogP contribution in [0.1, 0.15) is 22.5 Å². The molecule has 0 saturated heterocycles. The molecule has 1 aromatic carbocycles. The molecule has 2 aromatic rings. The first-order valence-corrected chi connectivity index (χ1v) is 7.41. The Labute approximate surface area is 125 Å². The van der Waals surface area contributed by atoms with Crippen molar-refractivity contribution < 1.29 is 4.79 Å². The quantitative estimate of drug-likeness (QED) is 0.810. The fourth-order valence-electron chi connectivity index (χ4n) is 1.68. The minimum atomic E-state index is -0.258. The first-order valence-electron chi connectivity index (χ1n) is 6.21. The van der Waals surface area contributed by atoms with Crippen LogP contribution in [0.2, 0.25) is 5.02 Å². The second-order valence-electron chi connectivity index (χ2n) is 4.61. The van der Waals surface area contributed by atoms with E-state index in [4.69, 9.17) is 17.3 Å². The van der Waals surface area contributed by atoms with Gasteiger partial charge in [-0.15, -0.1) is 0 Å². The number of rotatable bonds is 4. The molecule has 1 aromatic heterocycles. The zero-order valence-corrected chi connectivity index (χ0v) is 12.1. The average Bonchev–Trinajstić information content (AvgIpc) is 3.14. The molecular weight excluding hydrogens is 296 g/mol. The SMILES string of the molecule is Nc1nc(NC2CC2)sc1C(=O)Nc1ccc(Cl)cc1. The van der Waals surface area contributed by atoms with Gasteiger partial charge >= 0.3 is 0 Å². The third kappa shape index (κ3) is 3.02. The van der Waals surface area contributed by atoms with Gasteiger partial charge in [0.05, 0.1) is 0 Å². The molecule has 104 valence electrons. The minimum Gasteiger partial charge on any atom is -0.382 e. The highest BCUT2D eigenvalue weighted by molar-refractivity contribution is 7.18. The van der Waals surface area contributed by atoms with Crippen LogP contribution in [0.4, 0.5) is 16.6 Å². The van der Waals surface area contributed by atoms with Crippen LogP contribution >= 0.6 is 22.9 Å². The van der Waals surface area contributed by atoms with Crippen molar-refractivity contribution in [2.24, 2.45) is 0 Å². The van der Waals surface area contributed by atoms with E-state index in [1.54, 1.807) is 24.3 Å². The number of hydrogen-bond donors (Lipinski definition) is 3. The Morgan fingerprint density at radius 1 is 1.35 bits per heavy atom. The number of thiazole rings is 1. The number of nitrogens with one attached hydrogen (secondary N) is 2. The van der Waals surface area contributed by atoms with Gasteiger partial charge in [-0.05, 0) is 37.1 Å². The van der Waals surface area contributed by atoms with Crippen LogP contribution in [0.25, 0.3) is 0 Å². The van der Waals surface area contributed by atoms with E-state index in [0.29, 0.717) is 26.8 Å². The molecule has 1 aliphatic carbocycles. The van der Waals surface area contributed by atoms with Crippen molar-refractivity contribution in [1.82, 2.24) is 4.98 Å². The summed E-state index contributed by atoms with van der Waals surface area (Å²) in [5, 5.41) is 7.33. The summed E-state index contributed by atoms with van der Waals surface area (Å²) in [4.78, 5) is 16.7. The highest BCUT2D eigenvalue weighted by Crippen LogP contribution is 2.31. The number of carbonyl (C=O) groups is 1. The van der Waals surface area contributed by atoms with Gasteiger partial charge in [0, 0.05) is 16.8 Å². The number of halogens is 1. The molecule has 7 heteroatoms. The van der Waals surface area contributed by atoms with Crippen LogP contribution in [0.5, 0.6) is 0 Å². The van der Waals surface area contributed by atoms with E-state index in [2.05, 4.69) is 15.6 Å². The minimum absolute atomic E-state index is 0.254. The molecule has 0 aliphatic heterocycles. The molecule has 0 spiro atoms. The summed E-state index contributed by atoms with van der Waals surface area (Å²) in [6.07, 6.45) is 2.29. The van der Waals surface area contributed by atoms with Crippen LogP contribution in [-0.4, -0.2) is 16.9 Å². The molecule has 20 heavy (non-hydrogen) atoms. The van der Waals surface area contributed by atoms with Gasteiger partial charge in [0.25, 0.3) is 5.91 Å². The highest BCUT2D eigenvalue weighted by atomic mass is 35.5. The van der Waals surface area contributed by atoms with Gasteiger partial charge in [0.1, 0.15) is 10.7 Å². The number of nitrogens with two attached hydrogens (primary N) is 1. The normalized spacial score (nSPS) is 14.1. The maximum atomic E-state index is 12.2. The van der Waals surface area contributed by atoms with E-state index in [1.165, 1.54) is 11.3 Å². The second kappa shape index (κ2) is 5.30. The lowest BCUT2D eigenvalue weighted by Crippen LogP contribution is -2.12. The third-order valence-electron chi connectivity index (χ3n) is 2.87. The first kappa shape index (κ1) is 13.2. The lowest BCUT2D eigenvalue weighted by molar-refractivity contribution is 0.103. The molecule has 4 N–H and O–H groups in total. The van der Waals surface area contributed by atoms with Crippen molar-refractivity contribution >= 4 is 45.5 Å². The zero-order valence-electron chi connectivity index (χ0n) is 10.5. The van der Waals surface area contributed by atoms with E-state index in [-0.39, 0.29) is 11.7 Å². The molecule has 0 atom stereocenters. The van der Waals surface area contributed by atoms with Gasteiger partial charge in [0.2, 0.25) is 0 Å². The Morgan fingerprint density at radius 3 is 2.70 bits per heavy atom. The number of anilines is 3. The van der Waals surface area contributed by atoms with Gasteiger partial charge in [-0.1, -0.05) is 22.9 Å². The maximum Gasteiger partial charge on any atom is 0.269 e.